The Morgan fingerprint density at radius 2 is 2.00 bits per heavy atom. The summed E-state index contributed by atoms with van der Waals surface area (Å²) >= 11 is 5.75. The van der Waals surface area contributed by atoms with Crippen molar-refractivity contribution in [2.75, 3.05) is 37.3 Å². The third-order valence-electron chi connectivity index (χ3n) is 3.01. The van der Waals surface area contributed by atoms with E-state index in [0.29, 0.717) is 32.1 Å². The van der Waals surface area contributed by atoms with E-state index in [9.17, 15) is 8.42 Å². The van der Waals surface area contributed by atoms with Crippen LogP contribution in [0.15, 0.2) is 18.3 Å². The zero-order valence-corrected chi connectivity index (χ0v) is 11.8. The highest BCUT2D eigenvalue weighted by Crippen LogP contribution is 2.18. The summed E-state index contributed by atoms with van der Waals surface area (Å²) in [5.74, 6) is 0.386. The number of pyridine rings is 1. The molecule has 1 saturated heterocycles. The summed E-state index contributed by atoms with van der Waals surface area (Å²) in [7, 11) is -3.07. The van der Waals surface area contributed by atoms with Crippen LogP contribution in [0.1, 0.15) is 5.69 Å². The molecule has 0 amide bonds. The van der Waals surface area contributed by atoms with Crippen molar-refractivity contribution in [3.63, 3.8) is 0 Å². The van der Waals surface area contributed by atoms with Crippen LogP contribution in [-0.4, -0.2) is 50.1 Å². The van der Waals surface area contributed by atoms with Crippen molar-refractivity contribution in [3.05, 3.63) is 24.0 Å². The molecule has 7 heteroatoms. The van der Waals surface area contributed by atoms with Crippen molar-refractivity contribution in [3.8, 4) is 0 Å². The number of aromatic nitrogens is 1. The monoisotopic (exact) mass is 289 g/mol. The third kappa shape index (κ3) is 3.13. The van der Waals surface area contributed by atoms with Gasteiger partial charge < -0.3 is 4.90 Å². The Labute approximate surface area is 112 Å². The molecule has 18 heavy (non-hydrogen) atoms. The Kier molecular flexibility index (Phi) is 4.09. The van der Waals surface area contributed by atoms with Crippen molar-refractivity contribution in [2.45, 2.75) is 5.88 Å². The fraction of sp³-hybridized carbons (Fsp3) is 0.545. The predicted molar refractivity (Wildman–Crippen MR) is 72.4 cm³/mol. The van der Waals surface area contributed by atoms with Gasteiger partial charge in [0.25, 0.3) is 0 Å². The summed E-state index contributed by atoms with van der Waals surface area (Å²) in [6.07, 6.45) is 2.98. The molecule has 0 aromatic carbocycles. The average Bonchev–Trinajstić information content (AvgIpc) is 2.38. The van der Waals surface area contributed by atoms with Gasteiger partial charge in [-0.3, -0.25) is 4.98 Å². The molecule has 100 valence electrons. The third-order valence-corrected chi connectivity index (χ3v) is 4.59. The van der Waals surface area contributed by atoms with Gasteiger partial charge in [-0.2, -0.15) is 4.31 Å². The van der Waals surface area contributed by atoms with Crippen molar-refractivity contribution in [1.82, 2.24) is 9.29 Å². The second-order valence-corrected chi connectivity index (χ2v) is 6.54. The van der Waals surface area contributed by atoms with Crippen LogP contribution in [0.3, 0.4) is 0 Å². The lowest BCUT2D eigenvalue weighted by Gasteiger charge is -2.34. The van der Waals surface area contributed by atoms with E-state index >= 15 is 0 Å². The first kappa shape index (κ1) is 13.6. The van der Waals surface area contributed by atoms with Crippen LogP contribution in [0.2, 0.25) is 0 Å². The summed E-state index contributed by atoms with van der Waals surface area (Å²) in [6.45, 7) is 2.44. The molecule has 0 saturated carbocycles. The summed E-state index contributed by atoms with van der Waals surface area (Å²) in [6, 6.07) is 3.87. The van der Waals surface area contributed by atoms with Crippen LogP contribution in [0.5, 0.6) is 0 Å². The van der Waals surface area contributed by atoms with Gasteiger partial charge in [0.15, 0.2) is 0 Å². The lowest BCUT2D eigenvalue weighted by molar-refractivity contribution is 0.388. The Hall–Kier alpha value is -0.850. The average molecular weight is 290 g/mol. The van der Waals surface area contributed by atoms with Gasteiger partial charge in [0.05, 0.1) is 17.8 Å². The van der Waals surface area contributed by atoms with Gasteiger partial charge in [0, 0.05) is 38.1 Å². The SMILES string of the molecule is CS(=O)(=O)N1CCN(c2ccnc(CCl)c2)CC1. The molecule has 0 N–H and O–H groups in total. The van der Waals surface area contributed by atoms with E-state index in [1.807, 2.05) is 12.1 Å². The fourth-order valence-electron chi connectivity index (χ4n) is 2.01. The number of halogens is 1. The van der Waals surface area contributed by atoms with Crippen LogP contribution >= 0.6 is 11.6 Å². The molecule has 0 radical (unpaired) electrons. The van der Waals surface area contributed by atoms with Gasteiger partial charge in [0.2, 0.25) is 10.0 Å². The maximum absolute atomic E-state index is 11.4. The molecular weight excluding hydrogens is 274 g/mol. The first-order valence-corrected chi connectivity index (χ1v) is 8.10. The molecule has 1 fully saturated rings. The summed E-state index contributed by atoms with van der Waals surface area (Å²) in [5, 5.41) is 0. The van der Waals surface area contributed by atoms with Gasteiger partial charge in [-0.15, -0.1) is 11.6 Å². The van der Waals surface area contributed by atoms with E-state index in [2.05, 4.69) is 9.88 Å². The molecule has 5 nitrogen and oxygen atoms in total. The van der Waals surface area contributed by atoms with Crippen molar-refractivity contribution >= 4 is 27.3 Å². The minimum atomic E-state index is -3.07. The summed E-state index contributed by atoms with van der Waals surface area (Å²) < 4.78 is 24.3. The molecular formula is C11H16ClN3O2S. The highest BCUT2D eigenvalue weighted by atomic mass is 35.5. The molecule has 0 spiro atoms. The van der Waals surface area contributed by atoms with Gasteiger partial charge in [0.1, 0.15) is 0 Å². The Morgan fingerprint density at radius 1 is 1.33 bits per heavy atom. The minimum Gasteiger partial charge on any atom is -0.369 e. The predicted octanol–water partition coefficient (Wildman–Crippen LogP) is 0.902. The lowest BCUT2D eigenvalue weighted by atomic mass is 10.2. The topological polar surface area (TPSA) is 53.5 Å². The molecule has 2 rings (SSSR count). The number of anilines is 1. The first-order valence-electron chi connectivity index (χ1n) is 5.71. The van der Waals surface area contributed by atoms with E-state index in [-0.39, 0.29) is 0 Å². The quantitative estimate of drug-likeness (QED) is 0.776. The molecule has 0 bridgehead atoms. The van der Waals surface area contributed by atoms with E-state index in [1.54, 1.807) is 6.20 Å². The Bertz CT molecular complexity index is 513. The second kappa shape index (κ2) is 5.42. The van der Waals surface area contributed by atoms with E-state index in [0.717, 1.165) is 11.4 Å². The van der Waals surface area contributed by atoms with Crippen LogP contribution < -0.4 is 4.90 Å². The number of alkyl halides is 1. The van der Waals surface area contributed by atoms with Crippen molar-refractivity contribution < 1.29 is 8.42 Å². The summed E-state index contributed by atoms with van der Waals surface area (Å²) in [5.41, 5.74) is 1.88. The number of hydrogen-bond acceptors (Lipinski definition) is 4. The van der Waals surface area contributed by atoms with Crippen LogP contribution in [0, 0.1) is 0 Å². The van der Waals surface area contributed by atoms with Gasteiger partial charge in [-0.1, -0.05) is 0 Å². The van der Waals surface area contributed by atoms with Crippen LogP contribution in [-0.2, 0) is 15.9 Å². The van der Waals surface area contributed by atoms with Crippen LogP contribution in [0.25, 0.3) is 0 Å². The zero-order chi connectivity index (χ0) is 13.2. The minimum absolute atomic E-state index is 0.386. The Balaban J connectivity index is 2.05. The van der Waals surface area contributed by atoms with Gasteiger partial charge >= 0.3 is 0 Å². The maximum Gasteiger partial charge on any atom is 0.211 e. The molecule has 1 aromatic rings. The van der Waals surface area contributed by atoms with E-state index in [4.69, 9.17) is 11.6 Å². The van der Waals surface area contributed by atoms with Crippen LogP contribution in [0.4, 0.5) is 5.69 Å². The number of rotatable bonds is 3. The largest absolute Gasteiger partial charge is 0.369 e. The van der Waals surface area contributed by atoms with Crippen molar-refractivity contribution in [1.29, 1.82) is 0 Å². The molecule has 1 aliphatic heterocycles. The smallest absolute Gasteiger partial charge is 0.211 e. The maximum atomic E-state index is 11.4. The Morgan fingerprint density at radius 3 is 2.56 bits per heavy atom. The normalized spacial score (nSPS) is 18.0. The van der Waals surface area contributed by atoms with E-state index < -0.39 is 10.0 Å². The molecule has 1 aliphatic rings. The summed E-state index contributed by atoms with van der Waals surface area (Å²) in [4.78, 5) is 6.29. The first-order chi connectivity index (χ1) is 8.50. The van der Waals surface area contributed by atoms with Crippen molar-refractivity contribution in [2.24, 2.45) is 0 Å². The molecule has 2 heterocycles. The highest BCUT2D eigenvalue weighted by Gasteiger charge is 2.23. The fourth-order valence-corrected chi connectivity index (χ4v) is 2.99. The lowest BCUT2D eigenvalue weighted by Crippen LogP contribution is -2.48. The zero-order valence-electron chi connectivity index (χ0n) is 10.2. The standard InChI is InChI=1S/C11H16ClN3O2S/c1-18(16,17)15-6-4-14(5-7-15)11-2-3-13-10(8-11)9-12/h2-3,8H,4-7,9H2,1H3. The molecule has 0 atom stereocenters. The highest BCUT2D eigenvalue weighted by molar-refractivity contribution is 7.88. The molecule has 0 unspecified atom stereocenters. The number of piperazine rings is 1. The second-order valence-electron chi connectivity index (χ2n) is 4.29. The number of nitrogens with zero attached hydrogens (tertiary/aromatic N) is 3. The molecule has 1 aromatic heterocycles. The molecule has 0 aliphatic carbocycles. The number of hydrogen-bond donors (Lipinski definition) is 0. The van der Waals surface area contributed by atoms with E-state index in [1.165, 1.54) is 10.6 Å². The van der Waals surface area contributed by atoms with Gasteiger partial charge in [-0.25, -0.2) is 8.42 Å². The number of sulfonamides is 1. The van der Waals surface area contributed by atoms with Gasteiger partial charge in [-0.05, 0) is 12.1 Å².